The van der Waals surface area contributed by atoms with Gasteiger partial charge in [-0.3, -0.25) is 9.36 Å². The summed E-state index contributed by atoms with van der Waals surface area (Å²) in [5.41, 5.74) is 0. The van der Waals surface area contributed by atoms with Gasteiger partial charge in [0, 0.05) is 6.42 Å². The molecule has 0 rings (SSSR count). The summed E-state index contributed by atoms with van der Waals surface area (Å²) in [7, 11) is 1.28. The molecule has 0 aliphatic heterocycles. The lowest BCUT2D eigenvalue weighted by molar-refractivity contribution is -0.870. The van der Waals surface area contributed by atoms with Gasteiger partial charge in [-0.05, 0) is 44.9 Å². The third kappa shape index (κ3) is 58.5. The van der Waals surface area contributed by atoms with Crippen molar-refractivity contribution in [1.82, 2.24) is 5.32 Å². The molecule has 0 fully saturated rings. The van der Waals surface area contributed by atoms with Crippen molar-refractivity contribution < 1.29 is 32.9 Å². The smallest absolute Gasteiger partial charge is 0.268 e. The predicted molar refractivity (Wildman–Crippen MR) is 316 cm³/mol. The van der Waals surface area contributed by atoms with Gasteiger partial charge >= 0.3 is 0 Å². The lowest BCUT2D eigenvalue weighted by Crippen LogP contribution is -2.45. The van der Waals surface area contributed by atoms with E-state index in [4.69, 9.17) is 9.05 Å². The molecule has 3 unspecified atom stereocenters. The Bertz CT molecular complexity index is 1240. The Labute approximate surface area is 455 Å². The van der Waals surface area contributed by atoms with Crippen LogP contribution in [0.1, 0.15) is 328 Å². The lowest BCUT2D eigenvalue weighted by atomic mass is 10.0. The molecule has 1 amide bonds. The molecule has 2 N–H and O–H groups in total. The maximum atomic E-state index is 13.0. The number of aliphatic hydroxyl groups is 1. The van der Waals surface area contributed by atoms with E-state index >= 15 is 0 Å². The zero-order valence-corrected chi connectivity index (χ0v) is 50.5. The lowest BCUT2D eigenvalue weighted by Gasteiger charge is -2.29. The SMILES string of the molecule is CCCCCCCCCCCCCC/C=C\CCCCCCCCCCCCCCCCC(=O)NC(COP(=O)([O-])OCC[N+](C)(C)C)C(O)/C=C/CCCCCCCCCCCCCCCCCCCCC. The van der Waals surface area contributed by atoms with Crippen molar-refractivity contribution in [3.63, 3.8) is 0 Å². The minimum absolute atomic E-state index is 0.00132. The average Bonchev–Trinajstić information content (AvgIpc) is 3.35. The number of hydrogen-bond acceptors (Lipinski definition) is 6. The minimum atomic E-state index is -4.60. The van der Waals surface area contributed by atoms with E-state index in [9.17, 15) is 19.4 Å². The first-order chi connectivity index (χ1) is 35.5. The van der Waals surface area contributed by atoms with Gasteiger partial charge in [0.15, 0.2) is 0 Å². The second kappa shape index (κ2) is 55.7. The van der Waals surface area contributed by atoms with E-state index in [0.29, 0.717) is 17.4 Å². The van der Waals surface area contributed by atoms with Crippen LogP contribution >= 0.6 is 7.82 Å². The van der Waals surface area contributed by atoms with Gasteiger partial charge in [-0.2, -0.15) is 0 Å². The standard InChI is InChI=1S/C64H127N2O6P/c1-6-8-10-12-14-16-18-20-22-24-26-28-29-30-31-32-33-34-35-36-38-40-42-44-46-48-50-52-54-56-58-64(68)65-62(61-72-73(69,70)71-60-59-66(3,4)5)63(67)57-55-53-51-49-47-45-43-41-39-37-27-25-23-21-19-17-15-13-11-9-7-2/h30-31,55,57,62-63,67H,6-29,32-54,56,58-61H2,1-5H3,(H-,65,68,69,70)/b31-30-,57-55+. The van der Waals surface area contributed by atoms with Gasteiger partial charge in [-0.15, -0.1) is 0 Å². The van der Waals surface area contributed by atoms with Crippen LogP contribution in [0.15, 0.2) is 24.3 Å². The summed E-state index contributed by atoms with van der Waals surface area (Å²) in [6, 6.07) is -0.885. The van der Waals surface area contributed by atoms with Crippen LogP contribution in [0.2, 0.25) is 0 Å². The Morgan fingerprint density at radius 3 is 1.07 bits per heavy atom. The number of nitrogens with zero attached hydrogens (tertiary/aromatic N) is 1. The molecule has 0 aliphatic carbocycles. The van der Waals surface area contributed by atoms with Gasteiger partial charge in [-0.25, -0.2) is 0 Å². The van der Waals surface area contributed by atoms with E-state index in [1.54, 1.807) is 6.08 Å². The van der Waals surface area contributed by atoms with Gasteiger partial charge in [0.25, 0.3) is 7.82 Å². The van der Waals surface area contributed by atoms with Crippen molar-refractivity contribution in [1.29, 1.82) is 0 Å². The fraction of sp³-hybridized carbons (Fsp3) is 0.922. The van der Waals surface area contributed by atoms with Gasteiger partial charge in [0.2, 0.25) is 5.91 Å². The van der Waals surface area contributed by atoms with Gasteiger partial charge < -0.3 is 28.8 Å². The van der Waals surface area contributed by atoms with E-state index in [1.807, 2.05) is 27.2 Å². The first kappa shape index (κ1) is 72.0. The molecule has 0 saturated heterocycles. The van der Waals surface area contributed by atoms with Crippen LogP contribution in [-0.2, 0) is 18.4 Å². The minimum Gasteiger partial charge on any atom is -0.756 e. The highest BCUT2D eigenvalue weighted by molar-refractivity contribution is 7.45. The van der Waals surface area contributed by atoms with Crippen molar-refractivity contribution >= 4 is 13.7 Å². The molecular formula is C64H127N2O6P. The molecule has 0 heterocycles. The summed E-state index contributed by atoms with van der Waals surface area (Å²) in [6.45, 7) is 4.70. The second-order valence-corrected chi connectivity index (χ2v) is 24.9. The molecule has 0 saturated carbocycles. The number of nitrogens with one attached hydrogen (secondary N) is 1. The normalized spacial score (nSPS) is 13.9. The van der Waals surface area contributed by atoms with Crippen LogP contribution in [0.25, 0.3) is 0 Å². The largest absolute Gasteiger partial charge is 0.756 e. The molecule has 0 aromatic heterocycles. The van der Waals surface area contributed by atoms with Crippen molar-refractivity contribution in [3.8, 4) is 0 Å². The van der Waals surface area contributed by atoms with E-state index in [2.05, 4.69) is 31.3 Å². The first-order valence-corrected chi connectivity index (χ1v) is 33.7. The fourth-order valence-electron chi connectivity index (χ4n) is 9.86. The summed E-state index contributed by atoms with van der Waals surface area (Å²) in [5.74, 6) is -0.191. The maximum Gasteiger partial charge on any atom is 0.268 e. The number of hydrogen-bond donors (Lipinski definition) is 2. The summed E-state index contributed by atoms with van der Waals surface area (Å²) < 4.78 is 23.4. The second-order valence-electron chi connectivity index (χ2n) is 23.5. The quantitative estimate of drug-likeness (QED) is 0.0272. The first-order valence-electron chi connectivity index (χ1n) is 32.2. The summed E-state index contributed by atoms with van der Waals surface area (Å²) >= 11 is 0. The Kier molecular flexibility index (Phi) is 54.9. The molecule has 73 heavy (non-hydrogen) atoms. The number of allylic oxidation sites excluding steroid dienone is 3. The Balaban J connectivity index is 4.08. The highest BCUT2D eigenvalue weighted by Crippen LogP contribution is 2.38. The van der Waals surface area contributed by atoms with Crippen LogP contribution < -0.4 is 10.2 Å². The molecule has 0 aliphatic rings. The van der Waals surface area contributed by atoms with E-state index in [-0.39, 0.29) is 19.1 Å². The number of carbonyl (C=O) groups is 1. The van der Waals surface area contributed by atoms with Gasteiger partial charge in [0.1, 0.15) is 13.2 Å². The Hall–Kier alpha value is -1.02. The van der Waals surface area contributed by atoms with Crippen molar-refractivity contribution in [3.05, 3.63) is 24.3 Å². The molecular weight excluding hydrogens is 924 g/mol. The van der Waals surface area contributed by atoms with Crippen molar-refractivity contribution in [2.45, 2.75) is 341 Å². The van der Waals surface area contributed by atoms with E-state index < -0.39 is 20.0 Å². The third-order valence-electron chi connectivity index (χ3n) is 14.9. The third-order valence-corrected chi connectivity index (χ3v) is 15.9. The molecule has 3 atom stereocenters. The van der Waals surface area contributed by atoms with Crippen LogP contribution in [0, 0.1) is 0 Å². The molecule has 434 valence electrons. The number of unbranched alkanes of at least 4 members (excludes halogenated alkanes) is 45. The predicted octanol–water partition coefficient (Wildman–Crippen LogP) is 19.3. The monoisotopic (exact) mass is 1050 g/mol. The van der Waals surface area contributed by atoms with Crippen molar-refractivity contribution in [2.24, 2.45) is 0 Å². The fourth-order valence-corrected chi connectivity index (χ4v) is 10.6. The van der Waals surface area contributed by atoms with Crippen LogP contribution in [0.5, 0.6) is 0 Å². The van der Waals surface area contributed by atoms with E-state index in [0.717, 1.165) is 38.5 Å². The number of phosphoric ester groups is 1. The number of amides is 1. The molecule has 0 spiro atoms. The highest BCUT2D eigenvalue weighted by Gasteiger charge is 2.23. The van der Waals surface area contributed by atoms with Crippen LogP contribution in [0.3, 0.4) is 0 Å². The molecule has 9 heteroatoms. The number of phosphoric acid groups is 1. The number of rotatable bonds is 60. The number of carbonyl (C=O) groups excluding carboxylic acids is 1. The van der Waals surface area contributed by atoms with Crippen LogP contribution in [0.4, 0.5) is 0 Å². The Morgan fingerprint density at radius 1 is 0.466 bits per heavy atom. The average molecular weight is 1050 g/mol. The molecule has 0 radical (unpaired) electrons. The molecule has 0 aromatic rings. The number of quaternary nitrogens is 1. The molecule has 8 nitrogen and oxygen atoms in total. The maximum absolute atomic E-state index is 13.0. The summed E-state index contributed by atoms with van der Waals surface area (Å²) in [5, 5.41) is 13.9. The highest BCUT2D eigenvalue weighted by atomic mass is 31.2. The molecule has 0 bridgehead atoms. The topological polar surface area (TPSA) is 108 Å². The zero-order chi connectivity index (χ0) is 53.5. The Morgan fingerprint density at radius 2 is 0.753 bits per heavy atom. The molecule has 0 aromatic carbocycles. The number of aliphatic hydroxyl groups excluding tert-OH is 1. The van der Waals surface area contributed by atoms with Crippen molar-refractivity contribution in [2.75, 3.05) is 40.9 Å². The summed E-state index contributed by atoms with van der Waals surface area (Å²) in [6.07, 6.45) is 71.3. The van der Waals surface area contributed by atoms with E-state index in [1.165, 1.54) is 270 Å². The zero-order valence-electron chi connectivity index (χ0n) is 49.6. The summed E-state index contributed by atoms with van der Waals surface area (Å²) in [4.78, 5) is 25.6. The van der Waals surface area contributed by atoms with Gasteiger partial charge in [0.05, 0.1) is 39.9 Å². The number of likely N-dealkylation sites (N-methyl/N-ethyl adjacent to an activating group) is 1. The van der Waals surface area contributed by atoms with Gasteiger partial charge in [-0.1, -0.05) is 301 Å². The van der Waals surface area contributed by atoms with Crippen LogP contribution in [-0.4, -0.2) is 68.5 Å².